The molecule has 3 rings (SSSR count). The van der Waals surface area contributed by atoms with Crippen molar-refractivity contribution < 1.29 is 0 Å². The molecule has 94 valence electrons. The van der Waals surface area contributed by atoms with Gasteiger partial charge in [0.15, 0.2) is 0 Å². The van der Waals surface area contributed by atoms with Gasteiger partial charge in [-0.05, 0) is 16.7 Å². The second-order valence-electron chi connectivity index (χ2n) is 4.50. The molecule has 0 saturated heterocycles. The predicted octanol–water partition coefficient (Wildman–Crippen LogP) is 3.12. The number of aromatic nitrogens is 2. The van der Waals surface area contributed by atoms with E-state index in [1.165, 1.54) is 11.1 Å². The van der Waals surface area contributed by atoms with Crippen molar-refractivity contribution in [3.63, 3.8) is 0 Å². The summed E-state index contributed by atoms with van der Waals surface area (Å²) in [5.41, 5.74) is 10.7. The molecule has 1 heterocycles. The molecule has 1 aromatic heterocycles. The number of aromatic amines is 1. The zero-order chi connectivity index (χ0) is 13.1. The SMILES string of the molecule is NC(c1ccc(-c2ccccc2)cc1)c1cn[nH]c1. The van der Waals surface area contributed by atoms with Crippen LogP contribution >= 0.6 is 0 Å². The normalized spacial score (nSPS) is 12.3. The number of H-pyrrole nitrogens is 1. The highest BCUT2D eigenvalue weighted by Gasteiger charge is 2.09. The summed E-state index contributed by atoms with van der Waals surface area (Å²) in [5.74, 6) is 0. The largest absolute Gasteiger partial charge is 0.320 e. The molecule has 0 aliphatic rings. The van der Waals surface area contributed by atoms with Gasteiger partial charge in [-0.1, -0.05) is 54.6 Å². The van der Waals surface area contributed by atoms with Crippen LogP contribution in [-0.4, -0.2) is 10.2 Å². The van der Waals surface area contributed by atoms with Crippen LogP contribution in [0.15, 0.2) is 67.0 Å². The first-order valence-corrected chi connectivity index (χ1v) is 6.24. The first kappa shape index (κ1) is 11.7. The van der Waals surface area contributed by atoms with Crippen molar-refractivity contribution in [3.8, 4) is 11.1 Å². The predicted molar refractivity (Wildman–Crippen MR) is 76.5 cm³/mol. The maximum atomic E-state index is 6.19. The van der Waals surface area contributed by atoms with E-state index in [1.54, 1.807) is 6.20 Å². The maximum absolute atomic E-state index is 6.19. The zero-order valence-corrected chi connectivity index (χ0v) is 10.5. The highest BCUT2D eigenvalue weighted by Crippen LogP contribution is 2.23. The minimum absolute atomic E-state index is 0.136. The Morgan fingerprint density at radius 3 is 2.16 bits per heavy atom. The summed E-state index contributed by atoms with van der Waals surface area (Å²) < 4.78 is 0. The van der Waals surface area contributed by atoms with E-state index in [0.29, 0.717) is 0 Å². The molecular weight excluding hydrogens is 234 g/mol. The van der Waals surface area contributed by atoms with Gasteiger partial charge in [-0.3, -0.25) is 5.10 Å². The van der Waals surface area contributed by atoms with Gasteiger partial charge >= 0.3 is 0 Å². The van der Waals surface area contributed by atoms with Crippen molar-refractivity contribution >= 4 is 0 Å². The Hall–Kier alpha value is -2.39. The molecule has 0 fully saturated rings. The van der Waals surface area contributed by atoms with E-state index in [-0.39, 0.29) is 6.04 Å². The van der Waals surface area contributed by atoms with Crippen LogP contribution in [0.4, 0.5) is 0 Å². The summed E-state index contributed by atoms with van der Waals surface area (Å²) in [4.78, 5) is 0. The van der Waals surface area contributed by atoms with Crippen LogP contribution in [-0.2, 0) is 0 Å². The average Bonchev–Trinajstić information content (AvgIpc) is 3.02. The number of hydrogen-bond donors (Lipinski definition) is 2. The van der Waals surface area contributed by atoms with Crippen molar-refractivity contribution in [2.75, 3.05) is 0 Å². The fraction of sp³-hybridized carbons (Fsp3) is 0.0625. The van der Waals surface area contributed by atoms with Gasteiger partial charge in [0.05, 0.1) is 12.2 Å². The van der Waals surface area contributed by atoms with Crippen molar-refractivity contribution in [3.05, 3.63) is 78.1 Å². The summed E-state index contributed by atoms with van der Waals surface area (Å²) in [6, 6.07) is 18.5. The Morgan fingerprint density at radius 2 is 1.53 bits per heavy atom. The maximum Gasteiger partial charge on any atom is 0.0582 e. The van der Waals surface area contributed by atoms with Gasteiger partial charge in [0.25, 0.3) is 0 Å². The van der Waals surface area contributed by atoms with Crippen LogP contribution in [0.2, 0.25) is 0 Å². The lowest BCUT2D eigenvalue weighted by Gasteiger charge is -2.10. The molecule has 1 atom stereocenters. The average molecular weight is 249 g/mol. The fourth-order valence-corrected chi connectivity index (χ4v) is 2.14. The first-order chi connectivity index (χ1) is 9.34. The molecule has 0 saturated carbocycles. The van der Waals surface area contributed by atoms with Crippen molar-refractivity contribution in [1.29, 1.82) is 0 Å². The lowest BCUT2D eigenvalue weighted by Crippen LogP contribution is -2.10. The van der Waals surface area contributed by atoms with Crippen LogP contribution in [0.25, 0.3) is 11.1 Å². The second-order valence-corrected chi connectivity index (χ2v) is 4.50. The number of hydrogen-bond acceptors (Lipinski definition) is 2. The highest BCUT2D eigenvalue weighted by atomic mass is 15.1. The van der Waals surface area contributed by atoms with Gasteiger partial charge in [-0.15, -0.1) is 0 Å². The summed E-state index contributed by atoms with van der Waals surface area (Å²) in [6.45, 7) is 0. The molecule has 3 nitrogen and oxygen atoms in total. The first-order valence-electron chi connectivity index (χ1n) is 6.24. The summed E-state index contributed by atoms with van der Waals surface area (Å²) in [5, 5.41) is 6.72. The van der Waals surface area contributed by atoms with E-state index in [2.05, 4.69) is 46.6 Å². The third kappa shape index (κ3) is 2.41. The minimum Gasteiger partial charge on any atom is -0.320 e. The van der Waals surface area contributed by atoms with Crippen LogP contribution in [0.1, 0.15) is 17.2 Å². The lowest BCUT2D eigenvalue weighted by molar-refractivity contribution is 0.873. The van der Waals surface area contributed by atoms with Crippen LogP contribution in [0.3, 0.4) is 0 Å². The molecule has 0 bridgehead atoms. The van der Waals surface area contributed by atoms with E-state index in [0.717, 1.165) is 11.1 Å². The third-order valence-electron chi connectivity index (χ3n) is 3.26. The van der Waals surface area contributed by atoms with Gasteiger partial charge in [-0.2, -0.15) is 5.10 Å². The molecule has 0 amide bonds. The number of benzene rings is 2. The highest BCUT2D eigenvalue weighted by molar-refractivity contribution is 5.63. The van der Waals surface area contributed by atoms with Gasteiger partial charge in [0, 0.05) is 11.8 Å². The van der Waals surface area contributed by atoms with Crippen LogP contribution < -0.4 is 5.73 Å². The smallest absolute Gasteiger partial charge is 0.0582 e. The summed E-state index contributed by atoms with van der Waals surface area (Å²) >= 11 is 0. The number of nitrogens with zero attached hydrogens (tertiary/aromatic N) is 1. The van der Waals surface area contributed by atoms with Crippen molar-refractivity contribution in [2.45, 2.75) is 6.04 Å². The number of nitrogens with one attached hydrogen (secondary N) is 1. The lowest BCUT2D eigenvalue weighted by atomic mass is 9.99. The Balaban J connectivity index is 1.87. The molecule has 3 N–H and O–H groups in total. The molecular formula is C16H15N3. The monoisotopic (exact) mass is 249 g/mol. The van der Waals surface area contributed by atoms with Crippen molar-refractivity contribution in [2.24, 2.45) is 5.73 Å². The molecule has 3 aromatic rings. The van der Waals surface area contributed by atoms with Crippen LogP contribution in [0, 0.1) is 0 Å². The molecule has 1 unspecified atom stereocenters. The molecule has 3 heteroatoms. The second kappa shape index (κ2) is 5.08. The Bertz CT molecular complexity index is 628. The molecule has 0 radical (unpaired) electrons. The molecule has 0 aliphatic heterocycles. The van der Waals surface area contributed by atoms with Crippen molar-refractivity contribution in [1.82, 2.24) is 10.2 Å². The molecule has 2 aromatic carbocycles. The number of rotatable bonds is 3. The van der Waals surface area contributed by atoms with Gasteiger partial charge in [0.2, 0.25) is 0 Å². The zero-order valence-electron chi connectivity index (χ0n) is 10.5. The minimum atomic E-state index is -0.136. The molecule has 0 spiro atoms. The van der Waals surface area contributed by atoms with Gasteiger partial charge < -0.3 is 5.73 Å². The summed E-state index contributed by atoms with van der Waals surface area (Å²) in [7, 11) is 0. The van der Waals surface area contributed by atoms with Crippen LogP contribution in [0.5, 0.6) is 0 Å². The van der Waals surface area contributed by atoms with E-state index in [4.69, 9.17) is 5.73 Å². The topological polar surface area (TPSA) is 54.7 Å². The molecule has 0 aliphatic carbocycles. The van der Waals surface area contributed by atoms with E-state index >= 15 is 0 Å². The standard InChI is InChI=1S/C16H15N3/c17-16(15-10-18-19-11-15)14-8-6-13(7-9-14)12-4-2-1-3-5-12/h1-11,16H,17H2,(H,18,19). The van der Waals surface area contributed by atoms with E-state index < -0.39 is 0 Å². The van der Waals surface area contributed by atoms with E-state index in [9.17, 15) is 0 Å². The number of nitrogens with two attached hydrogens (primary N) is 1. The molecule has 19 heavy (non-hydrogen) atoms. The quantitative estimate of drug-likeness (QED) is 0.749. The Morgan fingerprint density at radius 1 is 0.842 bits per heavy atom. The fourth-order valence-electron chi connectivity index (χ4n) is 2.14. The third-order valence-corrected chi connectivity index (χ3v) is 3.26. The van der Waals surface area contributed by atoms with E-state index in [1.807, 2.05) is 24.4 Å². The Labute approximate surface area is 112 Å². The Kier molecular flexibility index (Phi) is 3.12. The van der Waals surface area contributed by atoms with Gasteiger partial charge in [0.1, 0.15) is 0 Å². The van der Waals surface area contributed by atoms with Gasteiger partial charge in [-0.25, -0.2) is 0 Å². The summed E-state index contributed by atoms with van der Waals surface area (Å²) in [6.07, 6.45) is 3.59.